The van der Waals surface area contributed by atoms with Gasteiger partial charge in [0.1, 0.15) is 5.71 Å². The van der Waals surface area contributed by atoms with E-state index in [1.165, 1.54) is 18.4 Å². The van der Waals surface area contributed by atoms with Crippen molar-refractivity contribution in [2.45, 2.75) is 25.0 Å². The van der Waals surface area contributed by atoms with Crippen molar-refractivity contribution in [1.29, 1.82) is 0 Å². The monoisotopic (exact) mass is 292 g/mol. The zero-order valence-electron chi connectivity index (χ0n) is 12.6. The number of nitrogens with zero attached hydrogens (tertiary/aromatic N) is 2. The molecule has 2 aromatic carbocycles. The van der Waals surface area contributed by atoms with E-state index in [-0.39, 0.29) is 5.72 Å². The first kappa shape index (κ1) is 13.5. The summed E-state index contributed by atoms with van der Waals surface area (Å²) in [7, 11) is 0. The summed E-state index contributed by atoms with van der Waals surface area (Å²) in [6, 6.07) is 20.8. The number of piperidine rings is 1. The number of hydrogen-bond donors (Lipinski definition) is 0. The van der Waals surface area contributed by atoms with Crippen LogP contribution in [0.15, 0.2) is 65.8 Å². The molecule has 2 aliphatic heterocycles. The summed E-state index contributed by atoms with van der Waals surface area (Å²) in [6.45, 7) is 1.90. The van der Waals surface area contributed by atoms with Crippen LogP contribution in [0.25, 0.3) is 0 Å². The van der Waals surface area contributed by atoms with Gasteiger partial charge in [-0.2, -0.15) is 0 Å². The highest BCUT2D eigenvalue weighted by molar-refractivity contribution is 6.02. The van der Waals surface area contributed by atoms with Crippen molar-refractivity contribution < 1.29 is 4.84 Å². The van der Waals surface area contributed by atoms with Gasteiger partial charge in [-0.15, -0.1) is 0 Å². The van der Waals surface area contributed by atoms with E-state index in [0.29, 0.717) is 0 Å². The molecule has 2 heterocycles. The molecule has 0 aliphatic carbocycles. The standard InChI is InChI=1S/C19H20N2O/c1-3-9-16(10-4-1)18-15-21-14-8-7-13-19(21,22-20-18)17-11-5-2-6-12-17/h1-6,9-12H,7-8,13-15H2. The molecule has 22 heavy (non-hydrogen) atoms. The van der Waals surface area contributed by atoms with Crippen molar-refractivity contribution in [3.8, 4) is 0 Å². The minimum atomic E-state index is -0.377. The van der Waals surface area contributed by atoms with Gasteiger partial charge in [0.25, 0.3) is 0 Å². The molecule has 0 amide bonds. The number of oxime groups is 1. The van der Waals surface area contributed by atoms with Crippen molar-refractivity contribution in [2.24, 2.45) is 5.16 Å². The van der Waals surface area contributed by atoms with E-state index in [4.69, 9.17) is 4.84 Å². The van der Waals surface area contributed by atoms with Gasteiger partial charge in [0.15, 0.2) is 0 Å². The van der Waals surface area contributed by atoms with Gasteiger partial charge < -0.3 is 4.84 Å². The smallest absolute Gasteiger partial charge is 0.217 e. The van der Waals surface area contributed by atoms with Crippen LogP contribution in [0.2, 0.25) is 0 Å². The van der Waals surface area contributed by atoms with Gasteiger partial charge in [-0.25, -0.2) is 0 Å². The highest BCUT2D eigenvalue weighted by Crippen LogP contribution is 2.41. The summed E-state index contributed by atoms with van der Waals surface area (Å²) in [6.07, 6.45) is 3.41. The Morgan fingerprint density at radius 2 is 1.64 bits per heavy atom. The van der Waals surface area contributed by atoms with E-state index in [9.17, 15) is 0 Å². The Morgan fingerprint density at radius 1 is 0.909 bits per heavy atom. The first-order valence-corrected chi connectivity index (χ1v) is 7.99. The predicted molar refractivity (Wildman–Crippen MR) is 87.6 cm³/mol. The molecule has 0 N–H and O–H groups in total. The van der Waals surface area contributed by atoms with Crippen LogP contribution in [-0.4, -0.2) is 23.7 Å². The summed E-state index contributed by atoms with van der Waals surface area (Å²) < 4.78 is 0. The molecule has 2 aliphatic rings. The lowest BCUT2D eigenvalue weighted by molar-refractivity contribution is -0.189. The molecule has 0 spiro atoms. The van der Waals surface area contributed by atoms with Gasteiger partial charge in [-0.3, -0.25) is 4.90 Å². The molecular weight excluding hydrogens is 272 g/mol. The van der Waals surface area contributed by atoms with Crippen LogP contribution in [0.4, 0.5) is 0 Å². The van der Waals surface area contributed by atoms with Crippen LogP contribution >= 0.6 is 0 Å². The van der Waals surface area contributed by atoms with Gasteiger partial charge >= 0.3 is 0 Å². The lowest BCUT2D eigenvalue weighted by atomic mass is 9.90. The first-order chi connectivity index (χ1) is 10.9. The van der Waals surface area contributed by atoms with Crippen molar-refractivity contribution >= 4 is 5.71 Å². The Labute approximate surface area is 131 Å². The Morgan fingerprint density at radius 3 is 2.41 bits per heavy atom. The lowest BCUT2D eigenvalue weighted by Crippen LogP contribution is -2.55. The van der Waals surface area contributed by atoms with Crippen molar-refractivity contribution in [2.75, 3.05) is 13.1 Å². The van der Waals surface area contributed by atoms with Gasteiger partial charge in [-0.05, 0) is 12.8 Å². The van der Waals surface area contributed by atoms with E-state index >= 15 is 0 Å². The largest absolute Gasteiger partial charge is 0.368 e. The van der Waals surface area contributed by atoms with Crippen molar-refractivity contribution in [3.05, 3.63) is 71.8 Å². The highest BCUT2D eigenvalue weighted by atomic mass is 16.7. The van der Waals surface area contributed by atoms with Gasteiger partial charge in [-0.1, -0.05) is 65.8 Å². The molecule has 4 rings (SSSR count). The normalized spacial score (nSPS) is 25.0. The summed E-state index contributed by atoms with van der Waals surface area (Å²) in [5.41, 5.74) is 3.01. The molecule has 1 saturated heterocycles. The molecule has 2 aromatic rings. The number of rotatable bonds is 2. The molecule has 0 bridgehead atoms. The van der Waals surface area contributed by atoms with E-state index in [0.717, 1.165) is 30.8 Å². The second kappa shape index (κ2) is 5.58. The van der Waals surface area contributed by atoms with Gasteiger partial charge in [0.05, 0.1) is 0 Å². The van der Waals surface area contributed by atoms with Crippen LogP contribution in [0.5, 0.6) is 0 Å². The molecule has 3 nitrogen and oxygen atoms in total. The SMILES string of the molecule is c1ccc(C2=NOC3(c4ccccc4)CCCCN3C2)cc1. The van der Waals surface area contributed by atoms with E-state index in [2.05, 4.69) is 52.5 Å². The third-order valence-electron chi connectivity index (χ3n) is 4.68. The zero-order chi connectivity index (χ0) is 14.8. The summed E-state index contributed by atoms with van der Waals surface area (Å²) in [4.78, 5) is 8.58. The van der Waals surface area contributed by atoms with Crippen molar-refractivity contribution in [1.82, 2.24) is 4.90 Å². The van der Waals surface area contributed by atoms with E-state index in [1.54, 1.807) is 0 Å². The minimum Gasteiger partial charge on any atom is -0.368 e. The summed E-state index contributed by atoms with van der Waals surface area (Å²) >= 11 is 0. The average Bonchev–Trinajstić information content (AvgIpc) is 2.63. The molecule has 1 unspecified atom stereocenters. The maximum atomic E-state index is 6.14. The molecule has 1 fully saturated rings. The maximum Gasteiger partial charge on any atom is 0.217 e. The molecule has 0 saturated carbocycles. The minimum absolute atomic E-state index is 0.377. The van der Waals surface area contributed by atoms with Crippen LogP contribution in [-0.2, 0) is 10.6 Å². The fourth-order valence-electron chi connectivity index (χ4n) is 3.51. The highest BCUT2D eigenvalue weighted by Gasteiger charge is 2.46. The van der Waals surface area contributed by atoms with Crippen LogP contribution < -0.4 is 0 Å². The van der Waals surface area contributed by atoms with Crippen LogP contribution in [0.3, 0.4) is 0 Å². The number of hydrogen-bond acceptors (Lipinski definition) is 3. The van der Waals surface area contributed by atoms with Gasteiger partial charge in [0, 0.05) is 30.6 Å². The zero-order valence-corrected chi connectivity index (χ0v) is 12.6. The van der Waals surface area contributed by atoms with Crippen LogP contribution in [0.1, 0.15) is 30.4 Å². The fraction of sp³-hybridized carbons (Fsp3) is 0.316. The van der Waals surface area contributed by atoms with E-state index in [1.807, 2.05) is 18.2 Å². The molecule has 112 valence electrons. The Hall–Kier alpha value is -2.13. The third kappa shape index (κ3) is 2.22. The number of fused-ring (bicyclic) bond motifs is 1. The van der Waals surface area contributed by atoms with Crippen LogP contribution in [0, 0.1) is 0 Å². The summed E-state index contributed by atoms with van der Waals surface area (Å²) in [5, 5.41) is 4.51. The molecule has 0 aromatic heterocycles. The number of benzene rings is 2. The summed E-state index contributed by atoms with van der Waals surface area (Å²) in [5.74, 6) is 0. The lowest BCUT2D eigenvalue weighted by Gasteiger charge is -2.47. The average molecular weight is 292 g/mol. The quantitative estimate of drug-likeness (QED) is 0.842. The molecule has 3 heteroatoms. The Balaban J connectivity index is 1.72. The first-order valence-electron chi connectivity index (χ1n) is 7.99. The molecular formula is C19H20N2O. The second-order valence-electron chi connectivity index (χ2n) is 6.02. The third-order valence-corrected chi connectivity index (χ3v) is 4.68. The van der Waals surface area contributed by atoms with Gasteiger partial charge in [0.2, 0.25) is 5.72 Å². The Kier molecular flexibility index (Phi) is 3.43. The topological polar surface area (TPSA) is 24.8 Å². The maximum absolute atomic E-state index is 6.14. The van der Waals surface area contributed by atoms with Crippen molar-refractivity contribution in [3.63, 3.8) is 0 Å². The Bertz CT molecular complexity index is 668. The molecule has 1 atom stereocenters. The molecule has 0 radical (unpaired) electrons. The predicted octanol–water partition coefficient (Wildman–Crippen LogP) is 3.76. The fourth-order valence-corrected chi connectivity index (χ4v) is 3.51. The van der Waals surface area contributed by atoms with E-state index < -0.39 is 0 Å². The second-order valence-corrected chi connectivity index (χ2v) is 6.02.